The number of nitrogens with zero attached hydrogens (tertiary/aromatic N) is 2. The second-order valence-corrected chi connectivity index (χ2v) is 4.90. The Kier molecular flexibility index (Phi) is 4.14. The molecule has 5 heteroatoms. The molecule has 1 N–H and O–H groups in total. The van der Waals surface area contributed by atoms with E-state index in [9.17, 15) is 9.59 Å². The quantitative estimate of drug-likeness (QED) is 0.886. The fourth-order valence-electron chi connectivity index (χ4n) is 2.31. The van der Waals surface area contributed by atoms with Crippen LogP contribution in [0.15, 0.2) is 24.5 Å². The molecule has 0 aromatic carbocycles. The van der Waals surface area contributed by atoms with Crippen LogP contribution in [-0.4, -0.2) is 33.8 Å². The number of rotatable bonds is 3. The van der Waals surface area contributed by atoms with Crippen LogP contribution in [0.4, 0.5) is 0 Å². The summed E-state index contributed by atoms with van der Waals surface area (Å²) in [6.07, 6.45) is 4.39. The van der Waals surface area contributed by atoms with Gasteiger partial charge in [-0.25, -0.2) is 0 Å². The standard InChI is InChI=1S/C14H19N3O2/c1-3-12-14(19)17(10(2)8-13(18)16-12)9-11-4-6-15-7-5-11/h4-7,10,12H,3,8-9H2,1-2H3,(H,16,18). The van der Waals surface area contributed by atoms with Gasteiger partial charge in [0, 0.05) is 31.4 Å². The minimum absolute atomic E-state index is 0.00216. The highest BCUT2D eigenvalue weighted by atomic mass is 16.2. The lowest BCUT2D eigenvalue weighted by Gasteiger charge is -2.28. The van der Waals surface area contributed by atoms with E-state index in [1.807, 2.05) is 26.0 Å². The molecular weight excluding hydrogens is 242 g/mol. The summed E-state index contributed by atoms with van der Waals surface area (Å²) < 4.78 is 0. The monoisotopic (exact) mass is 261 g/mol. The maximum absolute atomic E-state index is 12.4. The number of pyridine rings is 1. The van der Waals surface area contributed by atoms with E-state index in [-0.39, 0.29) is 17.9 Å². The molecule has 1 aromatic heterocycles. The molecule has 1 fully saturated rings. The van der Waals surface area contributed by atoms with Gasteiger partial charge in [0.2, 0.25) is 11.8 Å². The predicted octanol–water partition coefficient (Wildman–Crippen LogP) is 1.10. The summed E-state index contributed by atoms with van der Waals surface area (Å²) in [6.45, 7) is 4.34. The average Bonchev–Trinajstić information content (AvgIpc) is 2.51. The lowest BCUT2D eigenvalue weighted by atomic mass is 10.1. The van der Waals surface area contributed by atoms with Crippen LogP contribution in [0.1, 0.15) is 32.3 Å². The van der Waals surface area contributed by atoms with Crippen molar-refractivity contribution in [3.63, 3.8) is 0 Å². The molecule has 5 nitrogen and oxygen atoms in total. The molecule has 1 saturated heterocycles. The summed E-state index contributed by atoms with van der Waals surface area (Å²) in [5.74, 6) is -0.0532. The third kappa shape index (κ3) is 3.10. The molecule has 1 aromatic rings. The van der Waals surface area contributed by atoms with Crippen LogP contribution in [0.2, 0.25) is 0 Å². The number of aromatic nitrogens is 1. The van der Waals surface area contributed by atoms with Crippen LogP contribution >= 0.6 is 0 Å². The normalized spacial score (nSPS) is 24.0. The molecule has 2 heterocycles. The van der Waals surface area contributed by atoms with Crippen molar-refractivity contribution in [1.82, 2.24) is 15.2 Å². The van der Waals surface area contributed by atoms with E-state index < -0.39 is 6.04 Å². The van der Waals surface area contributed by atoms with Crippen molar-refractivity contribution >= 4 is 11.8 Å². The summed E-state index contributed by atoms with van der Waals surface area (Å²) in [5, 5.41) is 2.78. The fraction of sp³-hybridized carbons (Fsp3) is 0.500. The van der Waals surface area contributed by atoms with E-state index in [4.69, 9.17) is 0 Å². The molecule has 0 saturated carbocycles. The first-order chi connectivity index (χ1) is 9.11. The molecule has 2 atom stereocenters. The van der Waals surface area contributed by atoms with Gasteiger partial charge < -0.3 is 10.2 Å². The summed E-state index contributed by atoms with van der Waals surface area (Å²) in [4.78, 5) is 29.9. The van der Waals surface area contributed by atoms with Crippen LogP contribution < -0.4 is 5.32 Å². The van der Waals surface area contributed by atoms with Gasteiger partial charge in [-0.3, -0.25) is 14.6 Å². The number of nitrogens with one attached hydrogen (secondary N) is 1. The Hall–Kier alpha value is -1.91. The van der Waals surface area contributed by atoms with Gasteiger partial charge in [-0.2, -0.15) is 0 Å². The molecule has 0 aliphatic carbocycles. The minimum atomic E-state index is -0.403. The van der Waals surface area contributed by atoms with Crippen LogP contribution in [0.3, 0.4) is 0 Å². The van der Waals surface area contributed by atoms with E-state index in [0.29, 0.717) is 19.4 Å². The van der Waals surface area contributed by atoms with Crippen molar-refractivity contribution in [2.45, 2.75) is 45.3 Å². The number of carbonyl (C=O) groups is 2. The molecule has 2 rings (SSSR count). The average molecular weight is 261 g/mol. The SMILES string of the molecule is CCC1NC(=O)CC(C)N(Cc2ccncc2)C1=O. The van der Waals surface area contributed by atoms with Crippen LogP contribution in [0, 0.1) is 0 Å². The van der Waals surface area contributed by atoms with E-state index in [1.54, 1.807) is 17.3 Å². The third-order valence-electron chi connectivity index (χ3n) is 3.44. The summed E-state index contributed by atoms with van der Waals surface area (Å²) in [6, 6.07) is 3.29. The topological polar surface area (TPSA) is 62.3 Å². The fourth-order valence-corrected chi connectivity index (χ4v) is 2.31. The smallest absolute Gasteiger partial charge is 0.245 e. The van der Waals surface area contributed by atoms with Gasteiger partial charge in [0.15, 0.2) is 0 Å². The van der Waals surface area contributed by atoms with E-state index in [0.717, 1.165) is 5.56 Å². The van der Waals surface area contributed by atoms with Crippen molar-refractivity contribution < 1.29 is 9.59 Å². The van der Waals surface area contributed by atoms with E-state index in [2.05, 4.69) is 10.3 Å². The lowest BCUT2D eigenvalue weighted by Crippen LogP contribution is -2.45. The Labute approximate surface area is 113 Å². The predicted molar refractivity (Wildman–Crippen MR) is 71.1 cm³/mol. The van der Waals surface area contributed by atoms with Gasteiger partial charge in [-0.1, -0.05) is 6.92 Å². The maximum Gasteiger partial charge on any atom is 0.245 e. The highest BCUT2D eigenvalue weighted by Gasteiger charge is 2.32. The van der Waals surface area contributed by atoms with Gasteiger partial charge in [-0.05, 0) is 31.0 Å². The van der Waals surface area contributed by atoms with E-state index >= 15 is 0 Å². The zero-order valence-corrected chi connectivity index (χ0v) is 11.3. The Balaban J connectivity index is 2.20. The molecular formula is C14H19N3O2. The number of carbonyl (C=O) groups excluding carboxylic acids is 2. The molecule has 102 valence electrons. The molecule has 0 spiro atoms. The first-order valence-corrected chi connectivity index (χ1v) is 6.60. The lowest BCUT2D eigenvalue weighted by molar-refractivity contribution is -0.135. The van der Waals surface area contributed by atoms with Crippen LogP contribution in [0.5, 0.6) is 0 Å². The maximum atomic E-state index is 12.4. The largest absolute Gasteiger partial charge is 0.344 e. The summed E-state index contributed by atoms with van der Waals surface area (Å²) >= 11 is 0. The van der Waals surface area contributed by atoms with Gasteiger partial charge in [0.25, 0.3) is 0 Å². The first-order valence-electron chi connectivity index (χ1n) is 6.60. The van der Waals surface area contributed by atoms with Gasteiger partial charge in [0.1, 0.15) is 6.04 Å². The van der Waals surface area contributed by atoms with Gasteiger partial charge in [-0.15, -0.1) is 0 Å². The van der Waals surface area contributed by atoms with Gasteiger partial charge >= 0.3 is 0 Å². The highest BCUT2D eigenvalue weighted by Crippen LogP contribution is 2.16. The van der Waals surface area contributed by atoms with Crippen molar-refractivity contribution in [1.29, 1.82) is 0 Å². The second-order valence-electron chi connectivity index (χ2n) is 4.90. The van der Waals surface area contributed by atoms with E-state index in [1.165, 1.54) is 0 Å². The molecule has 0 bridgehead atoms. The van der Waals surface area contributed by atoms with Crippen LogP contribution in [-0.2, 0) is 16.1 Å². The molecule has 2 amide bonds. The van der Waals surface area contributed by atoms with Crippen molar-refractivity contribution in [3.05, 3.63) is 30.1 Å². The van der Waals surface area contributed by atoms with Crippen molar-refractivity contribution in [2.24, 2.45) is 0 Å². The van der Waals surface area contributed by atoms with Crippen LogP contribution in [0.25, 0.3) is 0 Å². The molecule has 1 aliphatic rings. The highest BCUT2D eigenvalue weighted by molar-refractivity contribution is 5.90. The molecule has 0 radical (unpaired) electrons. The summed E-state index contributed by atoms with van der Waals surface area (Å²) in [7, 11) is 0. The van der Waals surface area contributed by atoms with Crippen molar-refractivity contribution in [3.8, 4) is 0 Å². The van der Waals surface area contributed by atoms with Crippen molar-refractivity contribution in [2.75, 3.05) is 0 Å². The molecule has 1 aliphatic heterocycles. The first kappa shape index (κ1) is 13.5. The zero-order valence-electron chi connectivity index (χ0n) is 11.3. The third-order valence-corrected chi connectivity index (χ3v) is 3.44. The second kappa shape index (κ2) is 5.82. The Morgan fingerprint density at radius 1 is 1.37 bits per heavy atom. The number of amides is 2. The summed E-state index contributed by atoms with van der Waals surface area (Å²) in [5.41, 5.74) is 1.03. The molecule has 2 unspecified atom stereocenters. The zero-order chi connectivity index (χ0) is 13.8. The Morgan fingerprint density at radius 2 is 2.05 bits per heavy atom. The number of hydrogen-bond acceptors (Lipinski definition) is 3. The minimum Gasteiger partial charge on any atom is -0.344 e. The Morgan fingerprint density at radius 3 is 2.68 bits per heavy atom. The Bertz CT molecular complexity index is 461. The molecule has 19 heavy (non-hydrogen) atoms. The van der Waals surface area contributed by atoms with Gasteiger partial charge in [0.05, 0.1) is 0 Å². The number of hydrogen-bond donors (Lipinski definition) is 1.